The second-order valence-corrected chi connectivity index (χ2v) is 6.77. The predicted molar refractivity (Wildman–Crippen MR) is 87.5 cm³/mol. The molecular formula is C18H31NO. The fraction of sp³-hybridized carbons (Fsp3) is 0.667. The van der Waals surface area contributed by atoms with Gasteiger partial charge in [0.15, 0.2) is 0 Å². The molecule has 1 rings (SSSR count). The maximum absolute atomic E-state index is 5.47. The molecule has 1 atom stereocenters. The zero-order valence-electron chi connectivity index (χ0n) is 13.8. The summed E-state index contributed by atoms with van der Waals surface area (Å²) in [6.45, 7) is 10.2. The quantitative estimate of drug-likeness (QED) is 0.759. The summed E-state index contributed by atoms with van der Waals surface area (Å²) in [6, 6.07) is 8.89. The zero-order chi connectivity index (χ0) is 15.0. The van der Waals surface area contributed by atoms with Crippen molar-refractivity contribution in [3.05, 3.63) is 29.8 Å². The van der Waals surface area contributed by atoms with Crippen molar-refractivity contribution in [3.8, 4) is 5.75 Å². The molecule has 0 bridgehead atoms. The number of hydrogen-bond acceptors (Lipinski definition) is 2. The summed E-state index contributed by atoms with van der Waals surface area (Å²) < 4.78 is 5.47. The molecule has 0 saturated heterocycles. The average molecular weight is 277 g/mol. The van der Waals surface area contributed by atoms with Gasteiger partial charge in [-0.05, 0) is 49.3 Å². The molecule has 0 aromatic heterocycles. The van der Waals surface area contributed by atoms with Crippen molar-refractivity contribution in [1.82, 2.24) is 5.32 Å². The zero-order valence-corrected chi connectivity index (χ0v) is 13.8. The van der Waals surface area contributed by atoms with E-state index in [4.69, 9.17) is 4.74 Å². The monoisotopic (exact) mass is 277 g/mol. The topological polar surface area (TPSA) is 21.3 Å². The Balaban J connectivity index is 2.67. The van der Waals surface area contributed by atoms with E-state index in [1.807, 2.05) is 6.07 Å². The normalized spacial score (nSPS) is 13.2. The second kappa shape index (κ2) is 8.31. The van der Waals surface area contributed by atoms with Crippen molar-refractivity contribution >= 4 is 0 Å². The maximum Gasteiger partial charge on any atom is 0.122 e. The van der Waals surface area contributed by atoms with E-state index in [1.54, 1.807) is 7.11 Å². The summed E-state index contributed by atoms with van der Waals surface area (Å²) in [4.78, 5) is 0. The molecule has 0 radical (unpaired) electrons. The van der Waals surface area contributed by atoms with Gasteiger partial charge in [-0.25, -0.2) is 0 Å². The second-order valence-electron chi connectivity index (χ2n) is 6.77. The first-order valence-electron chi connectivity index (χ1n) is 7.81. The third kappa shape index (κ3) is 6.42. The Morgan fingerprint density at radius 1 is 1.20 bits per heavy atom. The van der Waals surface area contributed by atoms with Gasteiger partial charge in [-0.3, -0.25) is 0 Å². The predicted octanol–water partition coefficient (Wildman–Crippen LogP) is 4.43. The lowest BCUT2D eigenvalue weighted by Gasteiger charge is -2.24. The Hall–Kier alpha value is -1.02. The van der Waals surface area contributed by atoms with Crippen LogP contribution in [-0.2, 0) is 6.42 Å². The van der Waals surface area contributed by atoms with Crippen LogP contribution in [0.3, 0.4) is 0 Å². The minimum Gasteiger partial charge on any atom is -0.496 e. The molecule has 2 heteroatoms. The molecule has 1 N–H and O–H groups in total. The van der Waals surface area contributed by atoms with Crippen molar-refractivity contribution in [2.45, 2.75) is 59.4 Å². The molecule has 0 heterocycles. The van der Waals surface area contributed by atoms with Crippen molar-refractivity contribution in [1.29, 1.82) is 0 Å². The molecule has 1 aromatic carbocycles. The van der Waals surface area contributed by atoms with Gasteiger partial charge in [0, 0.05) is 6.04 Å². The highest BCUT2D eigenvalue weighted by Gasteiger charge is 2.16. The number of methoxy groups -OCH3 is 1. The summed E-state index contributed by atoms with van der Waals surface area (Å²) in [5.74, 6) is 1.01. The van der Waals surface area contributed by atoms with Crippen LogP contribution in [0, 0.1) is 5.41 Å². The summed E-state index contributed by atoms with van der Waals surface area (Å²) in [5.41, 5.74) is 1.70. The third-order valence-electron chi connectivity index (χ3n) is 3.58. The Morgan fingerprint density at radius 3 is 2.50 bits per heavy atom. The van der Waals surface area contributed by atoms with Crippen LogP contribution >= 0.6 is 0 Å². The van der Waals surface area contributed by atoms with Crippen molar-refractivity contribution in [2.75, 3.05) is 13.7 Å². The van der Waals surface area contributed by atoms with Gasteiger partial charge in [-0.2, -0.15) is 0 Å². The number of ether oxygens (including phenoxy) is 1. The molecule has 0 fully saturated rings. The standard InChI is InChI=1S/C18H31NO/c1-6-13-19-16(11-12-18(2,3)4)14-15-9-7-8-10-17(15)20-5/h7-10,16,19H,6,11-14H2,1-5H3. The summed E-state index contributed by atoms with van der Waals surface area (Å²) in [6.07, 6.45) is 4.67. The van der Waals surface area contributed by atoms with E-state index in [-0.39, 0.29) is 0 Å². The molecule has 0 aliphatic rings. The fourth-order valence-electron chi connectivity index (χ4n) is 2.37. The summed E-state index contributed by atoms with van der Waals surface area (Å²) in [7, 11) is 1.75. The van der Waals surface area contributed by atoms with Crippen LogP contribution in [0.15, 0.2) is 24.3 Å². The lowest BCUT2D eigenvalue weighted by atomic mass is 9.87. The summed E-state index contributed by atoms with van der Waals surface area (Å²) in [5, 5.41) is 3.69. The lowest BCUT2D eigenvalue weighted by molar-refractivity contribution is 0.326. The van der Waals surface area contributed by atoms with E-state index in [9.17, 15) is 0 Å². The van der Waals surface area contributed by atoms with E-state index in [0.29, 0.717) is 11.5 Å². The molecule has 1 aromatic rings. The summed E-state index contributed by atoms with van der Waals surface area (Å²) >= 11 is 0. The fourth-order valence-corrected chi connectivity index (χ4v) is 2.37. The van der Waals surface area contributed by atoms with Crippen molar-refractivity contribution in [2.24, 2.45) is 5.41 Å². The highest BCUT2D eigenvalue weighted by Crippen LogP contribution is 2.25. The molecule has 0 aliphatic heterocycles. The van der Waals surface area contributed by atoms with Crippen LogP contribution in [0.25, 0.3) is 0 Å². The Kier molecular flexibility index (Phi) is 7.08. The van der Waals surface area contributed by atoms with Gasteiger partial charge < -0.3 is 10.1 Å². The van der Waals surface area contributed by atoms with E-state index in [1.165, 1.54) is 24.8 Å². The molecular weight excluding hydrogens is 246 g/mol. The highest BCUT2D eigenvalue weighted by atomic mass is 16.5. The lowest BCUT2D eigenvalue weighted by Crippen LogP contribution is -2.33. The average Bonchev–Trinajstić information content (AvgIpc) is 2.41. The van der Waals surface area contributed by atoms with Crippen LogP contribution in [0.5, 0.6) is 5.75 Å². The smallest absolute Gasteiger partial charge is 0.122 e. The number of para-hydroxylation sites is 1. The largest absolute Gasteiger partial charge is 0.496 e. The molecule has 0 saturated carbocycles. The number of rotatable bonds is 8. The van der Waals surface area contributed by atoms with Crippen LogP contribution in [0.2, 0.25) is 0 Å². The van der Waals surface area contributed by atoms with Crippen LogP contribution in [0.4, 0.5) is 0 Å². The highest BCUT2D eigenvalue weighted by molar-refractivity contribution is 5.33. The molecule has 2 nitrogen and oxygen atoms in total. The first-order chi connectivity index (χ1) is 9.46. The third-order valence-corrected chi connectivity index (χ3v) is 3.58. The molecule has 0 spiro atoms. The van der Waals surface area contributed by atoms with Gasteiger partial charge in [0.1, 0.15) is 5.75 Å². The van der Waals surface area contributed by atoms with Crippen molar-refractivity contribution < 1.29 is 4.74 Å². The van der Waals surface area contributed by atoms with Gasteiger partial charge in [0.2, 0.25) is 0 Å². The Labute approximate surface area is 124 Å². The molecule has 20 heavy (non-hydrogen) atoms. The first-order valence-corrected chi connectivity index (χ1v) is 7.81. The van der Waals surface area contributed by atoms with E-state index < -0.39 is 0 Å². The molecule has 114 valence electrons. The SMILES string of the molecule is CCCNC(CCC(C)(C)C)Cc1ccccc1OC. The Bertz CT molecular complexity index is 381. The van der Waals surface area contributed by atoms with Crippen LogP contribution < -0.4 is 10.1 Å². The van der Waals surface area contributed by atoms with E-state index >= 15 is 0 Å². The van der Waals surface area contributed by atoms with Gasteiger partial charge in [-0.15, -0.1) is 0 Å². The maximum atomic E-state index is 5.47. The number of benzene rings is 1. The molecule has 0 aliphatic carbocycles. The number of nitrogens with one attached hydrogen (secondary N) is 1. The van der Waals surface area contributed by atoms with E-state index in [2.05, 4.69) is 51.2 Å². The minimum absolute atomic E-state index is 0.396. The molecule has 0 amide bonds. The van der Waals surface area contributed by atoms with Gasteiger partial charge in [0.05, 0.1) is 7.11 Å². The van der Waals surface area contributed by atoms with E-state index in [0.717, 1.165) is 18.7 Å². The van der Waals surface area contributed by atoms with Gasteiger partial charge in [-0.1, -0.05) is 45.9 Å². The Morgan fingerprint density at radius 2 is 1.90 bits per heavy atom. The molecule has 1 unspecified atom stereocenters. The first kappa shape index (κ1) is 17.0. The van der Waals surface area contributed by atoms with Crippen LogP contribution in [-0.4, -0.2) is 19.7 Å². The number of hydrogen-bond donors (Lipinski definition) is 1. The van der Waals surface area contributed by atoms with Crippen LogP contribution in [0.1, 0.15) is 52.5 Å². The van der Waals surface area contributed by atoms with Gasteiger partial charge in [0.25, 0.3) is 0 Å². The van der Waals surface area contributed by atoms with Gasteiger partial charge >= 0.3 is 0 Å². The minimum atomic E-state index is 0.396. The van der Waals surface area contributed by atoms with Crippen molar-refractivity contribution in [3.63, 3.8) is 0 Å².